The van der Waals surface area contributed by atoms with Gasteiger partial charge in [0.15, 0.2) is 0 Å². The average Bonchev–Trinajstić information content (AvgIpc) is 3.04. The third kappa shape index (κ3) is 3.65. The van der Waals surface area contributed by atoms with Crippen LogP contribution in [0.1, 0.15) is 12.8 Å². The molecule has 3 rings (SSSR count). The molecule has 1 aliphatic rings. The zero-order valence-corrected chi connectivity index (χ0v) is 12.7. The van der Waals surface area contributed by atoms with Gasteiger partial charge < -0.3 is 15.5 Å². The molecular weight excluding hydrogens is 278 g/mol. The van der Waals surface area contributed by atoms with Crippen molar-refractivity contribution in [2.75, 3.05) is 25.5 Å². The average molecular weight is 299 g/mol. The van der Waals surface area contributed by atoms with E-state index in [0.29, 0.717) is 0 Å². The summed E-state index contributed by atoms with van der Waals surface area (Å²) in [7, 11) is 2.11. The molecule has 0 bridgehead atoms. The Morgan fingerprint density at radius 2 is 2.09 bits per heavy atom. The van der Waals surface area contributed by atoms with Crippen molar-refractivity contribution in [1.29, 1.82) is 0 Å². The number of urea groups is 1. The fourth-order valence-corrected chi connectivity index (χ4v) is 2.65. The molecule has 22 heavy (non-hydrogen) atoms. The van der Waals surface area contributed by atoms with E-state index in [2.05, 4.69) is 27.7 Å². The lowest BCUT2D eigenvalue weighted by Gasteiger charge is -2.29. The second-order valence-corrected chi connectivity index (χ2v) is 5.68. The van der Waals surface area contributed by atoms with Crippen LogP contribution in [0.3, 0.4) is 0 Å². The highest BCUT2D eigenvalue weighted by Gasteiger charge is 2.18. The van der Waals surface area contributed by atoms with Crippen molar-refractivity contribution in [3.63, 3.8) is 0 Å². The largest absolute Gasteiger partial charge is 0.335 e. The zero-order chi connectivity index (χ0) is 15.4. The SMILES string of the molecule is CN1CCC(NC(=O)Nc2cccc(-n3cccn3)c2)CC1. The van der Waals surface area contributed by atoms with Gasteiger partial charge in [-0.15, -0.1) is 0 Å². The van der Waals surface area contributed by atoms with Crippen molar-refractivity contribution < 1.29 is 4.79 Å². The zero-order valence-electron chi connectivity index (χ0n) is 12.7. The first-order chi connectivity index (χ1) is 10.7. The Hall–Kier alpha value is -2.34. The second kappa shape index (κ2) is 6.62. The van der Waals surface area contributed by atoms with Gasteiger partial charge in [-0.1, -0.05) is 6.07 Å². The molecule has 0 unspecified atom stereocenters. The first-order valence-corrected chi connectivity index (χ1v) is 7.57. The molecule has 6 nitrogen and oxygen atoms in total. The quantitative estimate of drug-likeness (QED) is 0.912. The van der Waals surface area contributed by atoms with Gasteiger partial charge in [-0.3, -0.25) is 0 Å². The number of nitrogens with zero attached hydrogens (tertiary/aromatic N) is 3. The molecule has 1 fully saturated rings. The molecule has 0 spiro atoms. The summed E-state index contributed by atoms with van der Waals surface area (Å²) in [6, 6.07) is 9.61. The molecule has 2 heterocycles. The lowest BCUT2D eigenvalue weighted by atomic mass is 10.1. The fourth-order valence-electron chi connectivity index (χ4n) is 2.65. The van der Waals surface area contributed by atoms with Crippen LogP contribution in [0, 0.1) is 0 Å². The molecule has 6 heteroatoms. The topological polar surface area (TPSA) is 62.2 Å². The van der Waals surface area contributed by atoms with E-state index >= 15 is 0 Å². The van der Waals surface area contributed by atoms with Crippen LogP contribution in [-0.4, -0.2) is 46.9 Å². The van der Waals surface area contributed by atoms with Crippen LogP contribution in [0.25, 0.3) is 5.69 Å². The van der Waals surface area contributed by atoms with Crippen LogP contribution in [0.2, 0.25) is 0 Å². The minimum atomic E-state index is -0.146. The Bertz CT molecular complexity index is 617. The first-order valence-electron chi connectivity index (χ1n) is 7.57. The Morgan fingerprint density at radius 1 is 1.27 bits per heavy atom. The van der Waals surface area contributed by atoms with Crippen LogP contribution in [-0.2, 0) is 0 Å². The molecule has 0 atom stereocenters. The molecule has 116 valence electrons. The van der Waals surface area contributed by atoms with Gasteiger partial charge >= 0.3 is 6.03 Å². The molecule has 0 saturated carbocycles. The van der Waals surface area contributed by atoms with Crippen LogP contribution in [0.15, 0.2) is 42.7 Å². The van der Waals surface area contributed by atoms with Crippen molar-refractivity contribution in [2.24, 2.45) is 0 Å². The molecule has 2 N–H and O–H groups in total. The number of hydrogen-bond donors (Lipinski definition) is 2. The van der Waals surface area contributed by atoms with E-state index in [9.17, 15) is 4.79 Å². The van der Waals surface area contributed by atoms with Gasteiger partial charge in [0.25, 0.3) is 0 Å². The number of rotatable bonds is 3. The first kappa shape index (κ1) is 14.6. The number of carbonyl (C=O) groups is 1. The maximum Gasteiger partial charge on any atom is 0.319 e. The highest BCUT2D eigenvalue weighted by Crippen LogP contribution is 2.14. The summed E-state index contributed by atoms with van der Waals surface area (Å²) in [5, 5.41) is 10.1. The van der Waals surface area contributed by atoms with Gasteiger partial charge in [-0.05, 0) is 57.2 Å². The predicted octanol–water partition coefficient (Wildman–Crippen LogP) is 2.09. The van der Waals surface area contributed by atoms with Gasteiger partial charge in [-0.25, -0.2) is 9.48 Å². The molecule has 1 saturated heterocycles. The Morgan fingerprint density at radius 3 is 2.82 bits per heavy atom. The summed E-state index contributed by atoms with van der Waals surface area (Å²) >= 11 is 0. The Kier molecular flexibility index (Phi) is 4.39. The van der Waals surface area contributed by atoms with Gasteiger partial charge in [0.05, 0.1) is 5.69 Å². The van der Waals surface area contributed by atoms with E-state index in [0.717, 1.165) is 37.3 Å². The highest BCUT2D eigenvalue weighted by molar-refractivity contribution is 5.89. The third-order valence-corrected chi connectivity index (χ3v) is 3.93. The number of benzene rings is 1. The standard InChI is InChI=1S/C16H21N5O/c1-20-10-6-13(7-11-20)18-16(22)19-14-4-2-5-15(12-14)21-9-3-8-17-21/h2-5,8-9,12-13H,6-7,10-11H2,1H3,(H2,18,19,22). The summed E-state index contributed by atoms with van der Waals surface area (Å²) in [6.07, 6.45) is 5.60. The number of anilines is 1. The monoisotopic (exact) mass is 299 g/mol. The van der Waals surface area contributed by atoms with Gasteiger partial charge in [0.2, 0.25) is 0 Å². The van der Waals surface area contributed by atoms with Crippen LogP contribution >= 0.6 is 0 Å². The lowest BCUT2D eigenvalue weighted by molar-refractivity contribution is 0.221. The number of piperidine rings is 1. The van der Waals surface area contributed by atoms with Crippen molar-refractivity contribution in [2.45, 2.75) is 18.9 Å². The summed E-state index contributed by atoms with van der Waals surface area (Å²) < 4.78 is 1.76. The van der Waals surface area contributed by atoms with E-state index in [1.54, 1.807) is 10.9 Å². The third-order valence-electron chi connectivity index (χ3n) is 3.93. The van der Waals surface area contributed by atoms with Crippen LogP contribution in [0.5, 0.6) is 0 Å². The number of carbonyl (C=O) groups excluding carboxylic acids is 1. The molecule has 1 aromatic carbocycles. The van der Waals surface area contributed by atoms with E-state index in [4.69, 9.17) is 0 Å². The maximum absolute atomic E-state index is 12.1. The fraction of sp³-hybridized carbons (Fsp3) is 0.375. The van der Waals surface area contributed by atoms with Gasteiger partial charge in [-0.2, -0.15) is 5.10 Å². The van der Waals surface area contributed by atoms with E-state index in [1.807, 2.05) is 36.5 Å². The molecule has 1 aromatic heterocycles. The number of likely N-dealkylation sites (tertiary alicyclic amines) is 1. The van der Waals surface area contributed by atoms with Gasteiger partial charge in [0.1, 0.15) is 0 Å². The maximum atomic E-state index is 12.1. The van der Waals surface area contributed by atoms with Crippen LogP contribution in [0.4, 0.5) is 10.5 Å². The number of aromatic nitrogens is 2. The van der Waals surface area contributed by atoms with Crippen molar-refractivity contribution in [3.05, 3.63) is 42.7 Å². The summed E-state index contributed by atoms with van der Waals surface area (Å²) in [4.78, 5) is 14.4. The smallest absolute Gasteiger partial charge is 0.319 e. The summed E-state index contributed by atoms with van der Waals surface area (Å²) in [5.74, 6) is 0. The molecule has 1 aliphatic heterocycles. The molecule has 2 amide bonds. The highest BCUT2D eigenvalue weighted by atomic mass is 16.2. The lowest BCUT2D eigenvalue weighted by Crippen LogP contribution is -2.44. The minimum absolute atomic E-state index is 0.146. The number of nitrogens with one attached hydrogen (secondary N) is 2. The van der Waals surface area contributed by atoms with Crippen LogP contribution < -0.4 is 10.6 Å². The Labute approximate surface area is 130 Å². The van der Waals surface area contributed by atoms with E-state index < -0.39 is 0 Å². The molecule has 0 aliphatic carbocycles. The van der Waals surface area contributed by atoms with E-state index in [1.165, 1.54) is 0 Å². The summed E-state index contributed by atoms with van der Waals surface area (Å²) in [5.41, 5.74) is 1.68. The minimum Gasteiger partial charge on any atom is -0.335 e. The molecule has 2 aromatic rings. The van der Waals surface area contributed by atoms with Crippen molar-refractivity contribution in [3.8, 4) is 5.69 Å². The second-order valence-electron chi connectivity index (χ2n) is 5.68. The normalized spacial score (nSPS) is 16.4. The van der Waals surface area contributed by atoms with Crippen molar-refractivity contribution >= 4 is 11.7 Å². The number of hydrogen-bond acceptors (Lipinski definition) is 3. The van der Waals surface area contributed by atoms with Crippen molar-refractivity contribution in [1.82, 2.24) is 20.0 Å². The summed E-state index contributed by atoms with van der Waals surface area (Å²) in [6.45, 7) is 2.06. The van der Waals surface area contributed by atoms with E-state index in [-0.39, 0.29) is 12.1 Å². The predicted molar refractivity (Wildman–Crippen MR) is 86.2 cm³/mol. The Balaban J connectivity index is 1.58. The molecule has 0 radical (unpaired) electrons. The number of amides is 2. The molecular formula is C16H21N5O. The van der Waals surface area contributed by atoms with Gasteiger partial charge in [0, 0.05) is 24.1 Å².